The van der Waals surface area contributed by atoms with Crippen molar-refractivity contribution in [3.8, 4) is 0 Å². The molecule has 0 saturated heterocycles. The van der Waals surface area contributed by atoms with E-state index < -0.39 is 0 Å². The molecule has 1 aromatic carbocycles. The highest BCUT2D eigenvalue weighted by Gasteiger charge is 2.11. The number of anilines is 1. The lowest BCUT2D eigenvalue weighted by atomic mass is 10.1. The molecule has 1 atom stereocenters. The van der Waals surface area contributed by atoms with Gasteiger partial charge in [0.1, 0.15) is 0 Å². The van der Waals surface area contributed by atoms with Gasteiger partial charge < -0.3 is 15.8 Å². The van der Waals surface area contributed by atoms with Gasteiger partial charge in [0.05, 0.1) is 18.3 Å². The Bertz CT molecular complexity index is 435. The van der Waals surface area contributed by atoms with Crippen molar-refractivity contribution in [1.82, 2.24) is 5.32 Å². The van der Waals surface area contributed by atoms with Crippen LogP contribution in [0, 0.1) is 0 Å². The molecular formula is C13H17BrN2O2. The minimum atomic E-state index is -0.206. The van der Waals surface area contributed by atoms with Crippen molar-refractivity contribution in [2.75, 3.05) is 18.9 Å². The second kappa shape index (κ2) is 7.18. The zero-order chi connectivity index (χ0) is 13.5. The topological polar surface area (TPSA) is 64.3 Å². The van der Waals surface area contributed by atoms with Crippen molar-refractivity contribution >= 4 is 27.5 Å². The SMILES string of the molecule is C=CCOC(C)CNC(=O)c1cc(Br)ccc1N. The minimum Gasteiger partial charge on any atom is -0.398 e. The van der Waals surface area contributed by atoms with Gasteiger partial charge in [0.2, 0.25) is 0 Å². The molecule has 0 aliphatic heterocycles. The Morgan fingerprint density at radius 3 is 3.06 bits per heavy atom. The summed E-state index contributed by atoms with van der Waals surface area (Å²) in [6, 6.07) is 5.18. The van der Waals surface area contributed by atoms with E-state index in [9.17, 15) is 4.79 Å². The molecule has 18 heavy (non-hydrogen) atoms. The first-order valence-electron chi connectivity index (χ1n) is 5.60. The number of hydrogen-bond acceptors (Lipinski definition) is 3. The van der Waals surface area contributed by atoms with Gasteiger partial charge in [0, 0.05) is 16.7 Å². The van der Waals surface area contributed by atoms with E-state index in [0.717, 1.165) is 4.47 Å². The smallest absolute Gasteiger partial charge is 0.253 e. The van der Waals surface area contributed by atoms with Gasteiger partial charge in [0.25, 0.3) is 5.91 Å². The molecule has 0 saturated carbocycles. The Hall–Kier alpha value is -1.33. The van der Waals surface area contributed by atoms with Crippen LogP contribution in [0.1, 0.15) is 17.3 Å². The number of nitrogen functional groups attached to an aromatic ring is 1. The summed E-state index contributed by atoms with van der Waals surface area (Å²) in [5.74, 6) is -0.206. The van der Waals surface area contributed by atoms with Crippen molar-refractivity contribution in [2.45, 2.75) is 13.0 Å². The van der Waals surface area contributed by atoms with Crippen molar-refractivity contribution in [2.24, 2.45) is 0 Å². The predicted molar refractivity (Wildman–Crippen MR) is 76.5 cm³/mol. The van der Waals surface area contributed by atoms with Gasteiger partial charge in [-0.15, -0.1) is 6.58 Å². The average molecular weight is 313 g/mol. The monoisotopic (exact) mass is 312 g/mol. The van der Waals surface area contributed by atoms with E-state index in [0.29, 0.717) is 24.4 Å². The van der Waals surface area contributed by atoms with E-state index in [2.05, 4.69) is 27.8 Å². The molecule has 1 amide bonds. The van der Waals surface area contributed by atoms with Crippen LogP contribution in [0.2, 0.25) is 0 Å². The molecule has 3 N–H and O–H groups in total. The van der Waals surface area contributed by atoms with Crippen molar-refractivity contribution < 1.29 is 9.53 Å². The van der Waals surface area contributed by atoms with Gasteiger partial charge in [-0.1, -0.05) is 22.0 Å². The van der Waals surface area contributed by atoms with Gasteiger partial charge in [-0.05, 0) is 25.1 Å². The minimum absolute atomic E-state index is 0.0691. The van der Waals surface area contributed by atoms with E-state index in [-0.39, 0.29) is 12.0 Å². The number of hydrogen-bond donors (Lipinski definition) is 2. The van der Waals surface area contributed by atoms with E-state index in [1.54, 1.807) is 24.3 Å². The normalized spacial score (nSPS) is 11.9. The Morgan fingerprint density at radius 2 is 2.39 bits per heavy atom. The third kappa shape index (κ3) is 4.50. The summed E-state index contributed by atoms with van der Waals surface area (Å²) < 4.78 is 6.18. The molecule has 0 fully saturated rings. The van der Waals surface area contributed by atoms with Crippen LogP contribution in [0.25, 0.3) is 0 Å². The van der Waals surface area contributed by atoms with Crippen LogP contribution in [-0.2, 0) is 4.74 Å². The molecule has 5 heteroatoms. The molecule has 98 valence electrons. The van der Waals surface area contributed by atoms with E-state index in [1.165, 1.54) is 0 Å². The Morgan fingerprint density at radius 1 is 1.67 bits per heavy atom. The molecule has 0 radical (unpaired) electrons. The summed E-state index contributed by atoms with van der Waals surface area (Å²) in [6.07, 6.45) is 1.60. The van der Waals surface area contributed by atoms with E-state index >= 15 is 0 Å². The Kier molecular flexibility index (Phi) is 5.88. The molecule has 1 unspecified atom stereocenters. The summed E-state index contributed by atoms with van der Waals surface area (Å²) in [7, 11) is 0. The summed E-state index contributed by atoms with van der Waals surface area (Å²) in [5, 5.41) is 2.78. The Labute approximate surface area is 115 Å². The molecule has 0 aromatic heterocycles. The number of carbonyl (C=O) groups is 1. The summed E-state index contributed by atoms with van der Waals surface area (Å²) in [6.45, 7) is 6.34. The zero-order valence-corrected chi connectivity index (χ0v) is 11.9. The number of benzene rings is 1. The standard InChI is InChI=1S/C13H17BrN2O2/c1-3-6-18-9(2)8-16-13(17)11-7-10(14)4-5-12(11)15/h3-5,7,9H,1,6,8,15H2,2H3,(H,16,17). The van der Waals surface area contributed by atoms with Gasteiger partial charge in [0.15, 0.2) is 0 Å². The van der Waals surface area contributed by atoms with E-state index in [4.69, 9.17) is 10.5 Å². The summed E-state index contributed by atoms with van der Waals surface area (Å²) >= 11 is 3.31. The second-order valence-electron chi connectivity index (χ2n) is 3.87. The summed E-state index contributed by atoms with van der Waals surface area (Å²) in [4.78, 5) is 11.9. The first-order valence-corrected chi connectivity index (χ1v) is 6.39. The first-order chi connectivity index (χ1) is 8.54. The lowest BCUT2D eigenvalue weighted by Crippen LogP contribution is -2.32. The molecule has 1 aromatic rings. The third-order valence-corrected chi connectivity index (χ3v) is 2.80. The number of nitrogens with one attached hydrogen (secondary N) is 1. The number of amides is 1. The molecule has 4 nitrogen and oxygen atoms in total. The van der Waals surface area contributed by atoms with Crippen LogP contribution >= 0.6 is 15.9 Å². The van der Waals surface area contributed by atoms with Gasteiger partial charge >= 0.3 is 0 Å². The molecule has 0 aliphatic rings. The fourth-order valence-electron chi connectivity index (χ4n) is 1.35. The molecule has 0 bridgehead atoms. The van der Waals surface area contributed by atoms with Gasteiger partial charge in [-0.2, -0.15) is 0 Å². The maximum absolute atomic E-state index is 11.9. The molecule has 1 rings (SSSR count). The number of ether oxygens (including phenoxy) is 1. The van der Waals surface area contributed by atoms with Crippen LogP contribution in [0.15, 0.2) is 35.3 Å². The van der Waals surface area contributed by atoms with E-state index in [1.807, 2.05) is 6.92 Å². The lowest BCUT2D eigenvalue weighted by Gasteiger charge is -2.13. The quantitative estimate of drug-likeness (QED) is 0.626. The van der Waals surface area contributed by atoms with Crippen molar-refractivity contribution in [1.29, 1.82) is 0 Å². The van der Waals surface area contributed by atoms with Crippen molar-refractivity contribution in [3.63, 3.8) is 0 Å². The van der Waals surface area contributed by atoms with Crippen LogP contribution in [0.5, 0.6) is 0 Å². The third-order valence-electron chi connectivity index (χ3n) is 2.31. The van der Waals surface area contributed by atoms with Crippen LogP contribution in [-0.4, -0.2) is 25.2 Å². The molecule has 0 aliphatic carbocycles. The maximum Gasteiger partial charge on any atom is 0.253 e. The fraction of sp³-hybridized carbons (Fsp3) is 0.308. The van der Waals surface area contributed by atoms with Crippen molar-refractivity contribution in [3.05, 3.63) is 40.9 Å². The van der Waals surface area contributed by atoms with Gasteiger partial charge in [-0.25, -0.2) is 0 Å². The maximum atomic E-state index is 11.9. The van der Waals surface area contributed by atoms with Crippen LogP contribution in [0.4, 0.5) is 5.69 Å². The Balaban J connectivity index is 2.55. The average Bonchev–Trinajstić information content (AvgIpc) is 2.36. The lowest BCUT2D eigenvalue weighted by molar-refractivity contribution is 0.0770. The van der Waals surface area contributed by atoms with Gasteiger partial charge in [-0.3, -0.25) is 4.79 Å². The largest absolute Gasteiger partial charge is 0.398 e. The highest BCUT2D eigenvalue weighted by atomic mass is 79.9. The summed E-state index contributed by atoms with van der Waals surface area (Å²) in [5.41, 5.74) is 6.66. The second-order valence-corrected chi connectivity index (χ2v) is 4.79. The predicted octanol–water partition coefficient (Wildman–Crippen LogP) is 2.35. The zero-order valence-electron chi connectivity index (χ0n) is 10.3. The first kappa shape index (κ1) is 14.7. The van der Waals surface area contributed by atoms with Crippen LogP contribution < -0.4 is 11.1 Å². The number of nitrogens with two attached hydrogens (primary N) is 1. The number of rotatable bonds is 6. The number of halogens is 1. The molecular weight excluding hydrogens is 296 g/mol. The van der Waals surface area contributed by atoms with Crippen LogP contribution in [0.3, 0.4) is 0 Å². The molecule has 0 spiro atoms. The fourth-order valence-corrected chi connectivity index (χ4v) is 1.71. The highest BCUT2D eigenvalue weighted by Crippen LogP contribution is 2.18. The number of carbonyl (C=O) groups excluding carboxylic acids is 1. The molecule has 0 heterocycles. The highest BCUT2D eigenvalue weighted by molar-refractivity contribution is 9.10.